The van der Waals surface area contributed by atoms with Gasteiger partial charge < -0.3 is 9.72 Å². The Balaban J connectivity index is 2.08. The summed E-state index contributed by atoms with van der Waals surface area (Å²) in [5, 5.41) is 2.61. The molecule has 88 valence electrons. The molecule has 1 aromatic carbocycles. The molecule has 18 heavy (non-hydrogen) atoms. The normalized spacial score (nSPS) is 10.4. The molecule has 3 aromatic rings. The third-order valence-corrected chi connectivity index (χ3v) is 2.76. The fourth-order valence-electron chi connectivity index (χ4n) is 1.89. The van der Waals surface area contributed by atoms with Gasteiger partial charge in [-0.1, -0.05) is 30.3 Å². The van der Waals surface area contributed by atoms with Crippen molar-refractivity contribution >= 4 is 17.7 Å². The summed E-state index contributed by atoms with van der Waals surface area (Å²) in [7, 11) is 0. The van der Waals surface area contributed by atoms with Crippen molar-refractivity contribution in [2.75, 3.05) is 5.32 Å². The highest BCUT2D eigenvalue weighted by atomic mass is 16.1. The second kappa shape index (κ2) is 4.33. The van der Waals surface area contributed by atoms with Crippen LogP contribution in [0.3, 0.4) is 0 Å². The summed E-state index contributed by atoms with van der Waals surface area (Å²) < 4.78 is 1.93. The highest BCUT2D eigenvalue weighted by Crippen LogP contribution is 2.20. The van der Waals surface area contributed by atoms with Crippen molar-refractivity contribution in [2.24, 2.45) is 0 Å². The molecule has 0 atom stereocenters. The first kappa shape index (κ1) is 10.5. The van der Waals surface area contributed by atoms with E-state index in [1.807, 2.05) is 59.3 Å². The molecule has 4 heteroatoms. The number of amides is 1. The van der Waals surface area contributed by atoms with E-state index in [4.69, 9.17) is 0 Å². The predicted molar refractivity (Wildman–Crippen MR) is 70.3 cm³/mol. The number of carbonyl (C=O) groups is 1. The number of hydrogen-bond acceptors (Lipinski definition) is 2. The summed E-state index contributed by atoms with van der Waals surface area (Å²) >= 11 is 0. The smallest absolute Gasteiger partial charge is 0.211 e. The second-order valence-electron chi connectivity index (χ2n) is 3.94. The Labute approximate surface area is 104 Å². The first-order valence-corrected chi connectivity index (χ1v) is 5.61. The van der Waals surface area contributed by atoms with Crippen LogP contribution in [-0.4, -0.2) is 15.8 Å². The van der Waals surface area contributed by atoms with Gasteiger partial charge in [-0.2, -0.15) is 0 Å². The van der Waals surface area contributed by atoms with Gasteiger partial charge in [0.15, 0.2) is 0 Å². The maximum absolute atomic E-state index is 10.4. The molecule has 0 aliphatic carbocycles. The summed E-state index contributed by atoms with van der Waals surface area (Å²) in [6.45, 7) is 0. The number of nitrogens with zero attached hydrogens (tertiary/aromatic N) is 2. The summed E-state index contributed by atoms with van der Waals surface area (Å²) in [6.07, 6.45) is 4.50. The van der Waals surface area contributed by atoms with Gasteiger partial charge in [-0.05, 0) is 6.07 Å². The molecule has 1 amide bonds. The Morgan fingerprint density at radius 3 is 2.78 bits per heavy atom. The Morgan fingerprint density at radius 1 is 1.17 bits per heavy atom. The molecule has 0 aliphatic rings. The molecule has 0 saturated carbocycles. The molecule has 4 nitrogen and oxygen atoms in total. The second-order valence-corrected chi connectivity index (χ2v) is 3.94. The van der Waals surface area contributed by atoms with Gasteiger partial charge in [-0.25, -0.2) is 4.98 Å². The van der Waals surface area contributed by atoms with E-state index in [0.717, 1.165) is 22.6 Å². The number of hydrogen-bond donors (Lipinski definition) is 1. The molecular weight excluding hydrogens is 226 g/mol. The third-order valence-electron chi connectivity index (χ3n) is 2.76. The largest absolute Gasteiger partial charge is 0.329 e. The van der Waals surface area contributed by atoms with Crippen LogP contribution in [-0.2, 0) is 4.79 Å². The fourth-order valence-corrected chi connectivity index (χ4v) is 1.89. The number of fused-ring (bicyclic) bond motifs is 1. The van der Waals surface area contributed by atoms with E-state index in [2.05, 4.69) is 10.3 Å². The number of nitrogens with one attached hydrogen (secondary N) is 1. The Morgan fingerprint density at radius 2 is 2.00 bits per heavy atom. The van der Waals surface area contributed by atoms with Crippen molar-refractivity contribution < 1.29 is 4.79 Å². The molecule has 2 heterocycles. The molecule has 0 bridgehead atoms. The molecule has 0 spiro atoms. The lowest BCUT2D eigenvalue weighted by atomic mass is 10.2. The lowest BCUT2D eigenvalue weighted by Crippen LogP contribution is -1.94. The number of anilines is 1. The van der Waals surface area contributed by atoms with Crippen LogP contribution in [0.5, 0.6) is 0 Å². The molecule has 3 rings (SSSR count). The maximum atomic E-state index is 10.4. The van der Waals surface area contributed by atoms with E-state index >= 15 is 0 Å². The highest BCUT2D eigenvalue weighted by Gasteiger charge is 2.04. The van der Waals surface area contributed by atoms with E-state index < -0.39 is 0 Å². The van der Waals surface area contributed by atoms with Crippen LogP contribution in [0.1, 0.15) is 0 Å². The zero-order valence-corrected chi connectivity index (χ0v) is 9.58. The van der Waals surface area contributed by atoms with Crippen molar-refractivity contribution in [3.05, 3.63) is 54.9 Å². The van der Waals surface area contributed by atoms with Crippen LogP contribution in [0.25, 0.3) is 16.9 Å². The minimum absolute atomic E-state index is 0.660. The van der Waals surface area contributed by atoms with Crippen molar-refractivity contribution in [1.82, 2.24) is 9.38 Å². The third kappa shape index (κ3) is 1.84. The van der Waals surface area contributed by atoms with Gasteiger partial charge in [0, 0.05) is 29.7 Å². The Hall–Kier alpha value is -2.62. The average Bonchev–Trinajstić information content (AvgIpc) is 2.83. The van der Waals surface area contributed by atoms with Crippen LogP contribution in [0.15, 0.2) is 54.9 Å². The van der Waals surface area contributed by atoms with Crippen molar-refractivity contribution in [3.8, 4) is 11.3 Å². The van der Waals surface area contributed by atoms with Crippen molar-refractivity contribution in [2.45, 2.75) is 0 Å². The quantitative estimate of drug-likeness (QED) is 0.711. The van der Waals surface area contributed by atoms with Crippen LogP contribution in [0, 0.1) is 0 Å². The van der Waals surface area contributed by atoms with Crippen LogP contribution in [0.2, 0.25) is 0 Å². The topological polar surface area (TPSA) is 46.4 Å². The van der Waals surface area contributed by atoms with Crippen LogP contribution in [0.4, 0.5) is 5.69 Å². The van der Waals surface area contributed by atoms with Crippen molar-refractivity contribution in [3.63, 3.8) is 0 Å². The van der Waals surface area contributed by atoms with Crippen molar-refractivity contribution in [1.29, 1.82) is 0 Å². The maximum Gasteiger partial charge on any atom is 0.211 e. The minimum Gasteiger partial charge on any atom is -0.329 e. The molecule has 2 aromatic heterocycles. The molecule has 0 fully saturated rings. The van der Waals surface area contributed by atoms with Gasteiger partial charge in [0.1, 0.15) is 5.65 Å². The number of pyridine rings is 1. The molecule has 0 saturated heterocycles. The minimum atomic E-state index is 0.660. The van der Waals surface area contributed by atoms with Crippen LogP contribution < -0.4 is 5.32 Å². The Kier molecular flexibility index (Phi) is 2.53. The van der Waals surface area contributed by atoms with Crippen LogP contribution >= 0.6 is 0 Å². The highest BCUT2D eigenvalue weighted by molar-refractivity contribution is 5.74. The molecule has 0 radical (unpaired) electrons. The van der Waals surface area contributed by atoms with Gasteiger partial charge in [-0.15, -0.1) is 0 Å². The SMILES string of the molecule is O=CNc1ccn2cc(-c3ccccc3)nc2c1. The molecule has 1 N–H and O–H groups in total. The predicted octanol–water partition coefficient (Wildman–Crippen LogP) is 2.57. The zero-order valence-electron chi connectivity index (χ0n) is 9.58. The molecule has 0 aliphatic heterocycles. The average molecular weight is 237 g/mol. The molecule has 0 unspecified atom stereocenters. The lowest BCUT2D eigenvalue weighted by molar-refractivity contribution is -0.105. The number of imidazole rings is 1. The first-order chi connectivity index (χ1) is 8.86. The van der Waals surface area contributed by atoms with E-state index in [1.54, 1.807) is 0 Å². The number of benzene rings is 1. The van der Waals surface area contributed by atoms with Gasteiger partial charge in [-0.3, -0.25) is 4.79 Å². The van der Waals surface area contributed by atoms with Gasteiger partial charge in [0.05, 0.1) is 5.69 Å². The van der Waals surface area contributed by atoms with E-state index in [9.17, 15) is 4.79 Å². The number of rotatable bonds is 3. The Bertz CT molecular complexity index is 689. The van der Waals surface area contributed by atoms with E-state index in [0.29, 0.717) is 6.41 Å². The first-order valence-electron chi connectivity index (χ1n) is 5.61. The standard InChI is InChI=1S/C14H11N3O/c18-10-15-12-6-7-17-9-13(16-14(17)8-12)11-4-2-1-3-5-11/h1-10H,(H,15,18). The fraction of sp³-hybridized carbons (Fsp3) is 0. The van der Waals surface area contributed by atoms with E-state index in [-0.39, 0.29) is 0 Å². The summed E-state index contributed by atoms with van der Waals surface area (Å²) in [4.78, 5) is 14.9. The van der Waals surface area contributed by atoms with Gasteiger partial charge in [0.2, 0.25) is 6.41 Å². The van der Waals surface area contributed by atoms with Gasteiger partial charge >= 0.3 is 0 Å². The van der Waals surface area contributed by atoms with Gasteiger partial charge in [0.25, 0.3) is 0 Å². The lowest BCUT2D eigenvalue weighted by Gasteiger charge is -1.97. The number of carbonyl (C=O) groups excluding carboxylic acids is 1. The molecular formula is C14H11N3O. The number of aromatic nitrogens is 2. The summed E-state index contributed by atoms with van der Waals surface area (Å²) in [5.74, 6) is 0. The summed E-state index contributed by atoms with van der Waals surface area (Å²) in [5.41, 5.74) is 3.54. The summed E-state index contributed by atoms with van der Waals surface area (Å²) in [6, 6.07) is 13.7. The monoisotopic (exact) mass is 237 g/mol. The zero-order chi connectivity index (χ0) is 12.4. The van der Waals surface area contributed by atoms with E-state index in [1.165, 1.54) is 0 Å².